The molecule has 0 aromatic heterocycles. The van der Waals surface area contributed by atoms with E-state index in [0.29, 0.717) is 9.86 Å². The molecule has 0 amide bonds. The molecule has 0 fully saturated rings. The lowest BCUT2D eigenvalue weighted by Crippen LogP contribution is -2.07. The molecule has 0 atom stereocenters. The van der Waals surface area contributed by atoms with Gasteiger partial charge in [-0.3, -0.25) is 19.7 Å². The molecule has 0 spiro atoms. The standard InChI is InChI=1S/C9H5ClINO4/c10-3-9(14)6-2-7(11)5(4-13)1-8(6)12(15)16/h1-2,4H,3H2. The van der Waals surface area contributed by atoms with Crippen molar-refractivity contribution in [2.24, 2.45) is 0 Å². The largest absolute Gasteiger partial charge is 0.298 e. The monoisotopic (exact) mass is 353 g/mol. The Balaban J connectivity index is 3.47. The van der Waals surface area contributed by atoms with Crippen LogP contribution in [0.1, 0.15) is 20.7 Å². The van der Waals surface area contributed by atoms with Gasteiger partial charge in [-0.1, -0.05) is 0 Å². The molecule has 0 saturated carbocycles. The van der Waals surface area contributed by atoms with Gasteiger partial charge in [0.05, 0.1) is 16.4 Å². The molecule has 0 bridgehead atoms. The number of halogens is 2. The van der Waals surface area contributed by atoms with Crippen LogP contribution in [-0.2, 0) is 0 Å². The van der Waals surface area contributed by atoms with Gasteiger partial charge in [0, 0.05) is 15.2 Å². The van der Waals surface area contributed by atoms with E-state index in [1.54, 1.807) is 0 Å². The van der Waals surface area contributed by atoms with Gasteiger partial charge in [0.25, 0.3) is 5.69 Å². The number of Topliss-reactive ketones (excluding diaryl/α,β-unsaturated/α-hetero) is 1. The third kappa shape index (κ3) is 2.56. The van der Waals surface area contributed by atoms with E-state index in [9.17, 15) is 19.7 Å². The van der Waals surface area contributed by atoms with Crippen LogP contribution in [0.25, 0.3) is 0 Å². The summed E-state index contributed by atoms with van der Waals surface area (Å²) >= 11 is 7.17. The summed E-state index contributed by atoms with van der Waals surface area (Å²) in [5.41, 5.74) is -0.290. The highest BCUT2D eigenvalue weighted by molar-refractivity contribution is 14.1. The van der Waals surface area contributed by atoms with Gasteiger partial charge < -0.3 is 0 Å². The topological polar surface area (TPSA) is 77.3 Å². The third-order valence-corrected chi connectivity index (χ3v) is 3.04. The van der Waals surface area contributed by atoms with Crippen molar-refractivity contribution in [3.63, 3.8) is 0 Å². The minimum absolute atomic E-state index is 0.0741. The first-order chi connectivity index (χ1) is 7.51. The fourth-order valence-electron chi connectivity index (χ4n) is 1.11. The van der Waals surface area contributed by atoms with Gasteiger partial charge in [-0.05, 0) is 28.7 Å². The van der Waals surface area contributed by atoms with E-state index in [2.05, 4.69) is 0 Å². The molecule has 7 heteroatoms. The maximum atomic E-state index is 11.4. The van der Waals surface area contributed by atoms with Gasteiger partial charge in [0.2, 0.25) is 0 Å². The summed E-state index contributed by atoms with van der Waals surface area (Å²) < 4.78 is 0.478. The van der Waals surface area contributed by atoms with Gasteiger partial charge in [-0.2, -0.15) is 0 Å². The second kappa shape index (κ2) is 5.35. The number of hydrogen-bond acceptors (Lipinski definition) is 4. The molecule has 0 aliphatic rings. The molecule has 0 N–H and O–H groups in total. The Morgan fingerprint density at radius 1 is 1.56 bits per heavy atom. The second-order valence-corrected chi connectivity index (χ2v) is 4.25. The average molecular weight is 353 g/mol. The van der Waals surface area contributed by atoms with Crippen LogP contribution in [0.3, 0.4) is 0 Å². The van der Waals surface area contributed by atoms with Crippen molar-refractivity contribution in [3.05, 3.63) is 36.9 Å². The molecule has 0 aliphatic carbocycles. The van der Waals surface area contributed by atoms with Crippen molar-refractivity contribution >= 4 is 51.9 Å². The zero-order valence-electron chi connectivity index (χ0n) is 7.78. The molecule has 0 heterocycles. The molecule has 0 saturated heterocycles. The van der Waals surface area contributed by atoms with E-state index in [4.69, 9.17) is 11.6 Å². The maximum absolute atomic E-state index is 11.4. The lowest BCUT2D eigenvalue weighted by molar-refractivity contribution is -0.385. The number of nitro groups is 1. The number of aldehydes is 1. The number of carbonyl (C=O) groups is 2. The minimum Gasteiger partial charge on any atom is -0.298 e. The van der Waals surface area contributed by atoms with E-state index < -0.39 is 16.4 Å². The van der Waals surface area contributed by atoms with E-state index >= 15 is 0 Å². The lowest BCUT2D eigenvalue weighted by atomic mass is 10.1. The summed E-state index contributed by atoms with van der Waals surface area (Å²) in [7, 11) is 0. The number of alkyl halides is 1. The fraction of sp³-hybridized carbons (Fsp3) is 0.111. The van der Waals surface area contributed by atoms with Crippen LogP contribution in [0.5, 0.6) is 0 Å². The smallest absolute Gasteiger partial charge is 0.281 e. The number of nitrogens with zero attached hydrogens (tertiary/aromatic N) is 1. The maximum Gasteiger partial charge on any atom is 0.281 e. The predicted molar refractivity (Wildman–Crippen MR) is 66.3 cm³/mol. The number of ketones is 1. The van der Waals surface area contributed by atoms with E-state index in [-0.39, 0.29) is 17.0 Å². The number of carbonyl (C=O) groups excluding carboxylic acids is 2. The lowest BCUT2D eigenvalue weighted by Gasteiger charge is -2.02. The number of benzene rings is 1. The van der Waals surface area contributed by atoms with Crippen LogP contribution in [0, 0.1) is 13.7 Å². The molecule has 0 radical (unpaired) electrons. The van der Waals surface area contributed by atoms with Crippen LogP contribution < -0.4 is 0 Å². The van der Waals surface area contributed by atoms with Crippen LogP contribution >= 0.6 is 34.2 Å². The van der Waals surface area contributed by atoms with Crippen molar-refractivity contribution in [2.75, 3.05) is 5.88 Å². The van der Waals surface area contributed by atoms with Gasteiger partial charge in [0.15, 0.2) is 12.1 Å². The Morgan fingerprint density at radius 2 is 2.19 bits per heavy atom. The average Bonchev–Trinajstić information content (AvgIpc) is 2.27. The van der Waals surface area contributed by atoms with Crippen molar-refractivity contribution in [2.45, 2.75) is 0 Å². The van der Waals surface area contributed by atoms with Crippen molar-refractivity contribution < 1.29 is 14.5 Å². The highest BCUT2D eigenvalue weighted by Gasteiger charge is 2.21. The zero-order valence-corrected chi connectivity index (χ0v) is 10.7. The van der Waals surface area contributed by atoms with E-state index in [0.717, 1.165) is 6.07 Å². The summed E-state index contributed by atoms with van der Waals surface area (Å²) in [5, 5.41) is 10.7. The normalized spacial score (nSPS) is 9.88. The molecular weight excluding hydrogens is 348 g/mol. The molecule has 1 aromatic rings. The van der Waals surface area contributed by atoms with E-state index in [1.165, 1.54) is 6.07 Å². The molecule has 5 nitrogen and oxygen atoms in total. The van der Waals surface area contributed by atoms with Gasteiger partial charge in [-0.25, -0.2) is 0 Å². The number of rotatable bonds is 4. The van der Waals surface area contributed by atoms with Crippen molar-refractivity contribution in [1.82, 2.24) is 0 Å². The summed E-state index contributed by atoms with van der Waals surface area (Å²) in [4.78, 5) is 32.0. The van der Waals surface area contributed by atoms with Gasteiger partial charge in [0.1, 0.15) is 0 Å². The molecule has 84 valence electrons. The summed E-state index contributed by atoms with van der Waals surface area (Å²) in [5.74, 6) is -0.874. The molecule has 1 aromatic carbocycles. The summed E-state index contributed by atoms with van der Waals surface area (Å²) in [6.45, 7) is 0. The highest BCUT2D eigenvalue weighted by atomic mass is 127. The Bertz CT molecular complexity index is 475. The number of hydrogen-bond donors (Lipinski definition) is 0. The first-order valence-electron chi connectivity index (χ1n) is 4.03. The van der Waals surface area contributed by atoms with Gasteiger partial charge in [-0.15, -0.1) is 11.6 Å². The Morgan fingerprint density at radius 3 is 2.62 bits per heavy atom. The molecule has 16 heavy (non-hydrogen) atoms. The van der Waals surface area contributed by atoms with Crippen LogP contribution in [0.15, 0.2) is 12.1 Å². The van der Waals surface area contributed by atoms with Gasteiger partial charge >= 0.3 is 0 Å². The first kappa shape index (κ1) is 13.0. The zero-order chi connectivity index (χ0) is 12.3. The SMILES string of the molecule is O=Cc1cc([N+](=O)[O-])c(C(=O)CCl)cc1I. The molecular formula is C9H5ClINO4. The molecule has 0 aliphatic heterocycles. The second-order valence-electron chi connectivity index (χ2n) is 2.82. The molecule has 0 unspecified atom stereocenters. The Labute approximate surface area is 109 Å². The Kier molecular flexibility index (Phi) is 4.36. The van der Waals surface area contributed by atoms with Crippen LogP contribution in [0.4, 0.5) is 5.69 Å². The third-order valence-electron chi connectivity index (χ3n) is 1.86. The summed E-state index contributed by atoms with van der Waals surface area (Å²) in [6.07, 6.45) is 0.504. The minimum atomic E-state index is -0.705. The summed E-state index contributed by atoms with van der Waals surface area (Å²) in [6, 6.07) is 2.38. The van der Waals surface area contributed by atoms with Crippen molar-refractivity contribution in [3.8, 4) is 0 Å². The fourth-order valence-corrected chi connectivity index (χ4v) is 1.85. The van der Waals surface area contributed by atoms with Crippen molar-refractivity contribution in [1.29, 1.82) is 0 Å². The first-order valence-corrected chi connectivity index (χ1v) is 5.65. The highest BCUT2D eigenvalue weighted by Crippen LogP contribution is 2.24. The van der Waals surface area contributed by atoms with E-state index in [1.807, 2.05) is 22.6 Å². The number of nitro benzene ring substituents is 1. The van der Waals surface area contributed by atoms with Crippen LogP contribution in [-0.4, -0.2) is 22.9 Å². The predicted octanol–water partition coefficient (Wildman–Crippen LogP) is 2.43. The quantitative estimate of drug-likeness (QED) is 0.208. The Hall–Kier alpha value is -1.02. The van der Waals surface area contributed by atoms with Crippen LogP contribution in [0.2, 0.25) is 0 Å². The molecule has 1 rings (SSSR count).